The van der Waals surface area contributed by atoms with E-state index in [1.807, 2.05) is 6.08 Å². The number of hydrogen-bond acceptors (Lipinski definition) is 2. The molecule has 0 saturated carbocycles. The fourth-order valence-electron chi connectivity index (χ4n) is 8.43. The Hall–Kier alpha value is -6.90. The second-order valence-corrected chi connectivity index (χ2v) is 17.5. The highest BCUT2D eigenvalue weighted by Crippen LogP contribution is 2.41. The number of benzene rings is 8. The van der Waals surface area contributed by atoms with Crippen LogP contribution in [-0.2, 0) is 10.8 Å². The summed E-state index contributed by atoms with van der Waals surface area (Å²) < 4.78 is 0. The topological polar surface area (TPSA) is 6.48 Å². The van der Waals surface area contributed by atoms with Crippen molar-refractivity contribution in [1.82, 2.24) is 0 Å². The van der Waals surface area contributed by atoms with Crippen molar-refractivity contribution in [2.75, 3.05) is 9.80 Å². The summed E-state index contributed by atoms with van der Waals surface area (Å²) in [6.07, 6.45) is 1.89. The summed E-state index contributed by atoms with van der Waals surface area (Å²) in [6.45, 7) is 19.6. The molecule has 0 aliphatic heterocycles. The SMILES string of the molecule is C=Cc1ccc(C(C)(C)c2ccc(N(c3ccc(-c4ccc(N(c5ccc(C(C)(C)c6ccc(C)cc6)cc5)c5cccc(C)c5)cc4)cc3)c3cccc(C)c3)cc2)cc1. The average Bonchev–Trinajstić information content (AvgIpc) is 3.28. The summed E-state index contributed by atoms with van der Waals surface area (Å²) in [5.41, 5.74) is 18.8. The summed E-state index contributed by atoms with van der Waals surface area (Å²) in [5.74, 6) is 0. The third-order valence-corrected chi connectivity index (χ3v) is 12.4. The van der Waals surface area contributed by atoms with Crippen LogP contribution in [0.15, 0.2) is 201 Å². The van der Waals surface area contributed by atoms with Gasteiger partial charge in [-0.3, -0.25) is 0 Å². The van der Waals surface area contributed by atoms with Crippen LogP contribution < -0.4 is 9.80 Å². The van der Waals surface area contributed by atoms with E-state index >= 15 is 0 Å². The van der Waals surface area contributed by atoms with Crippen LogP contribution in [-0.4, -0.2) is 0 Å². The van der Waals surface area contributed by atoms with Gasteiger partial charge < -0.3 is 9.80 Å². The van der Waals surface area contributed by atoms with Crippen molar-refractivity contribution in [2.45, 2.75) is 59.3 Å². The number of aryl methyl sites for hydroxylation is 3. The molecule has 8 rings (SSSR count). The normalized spacial score (nSPS) is 11.6. The number of rotatable bonds is 12. The summed E-state index contributed by atoms with van der Waals surface area (Å²) in [7, 11) is 0. The van der Waals surface area contributed by atoms with Crippen molar-refractivity contribution in [2.24, 2.45) is 0 Å². The Morgan fingerprint density at radius 3 is 0.984 bits per heavy atom. The third kappa shape index (κ3) is 8.58. The van der Waals surface area contributed by atoms with Gasteiger partial charge in [0.05, 0.1) is 0 Å². The van der Waals surface area contributed by atoms with Gasteiger partial charge in [0.2, 0.25) is 0 Å². The largest absolute Gasteiger partial charge is 0.310 e. The van der Waals surface area contributed by atoms with Crippen LogP contribution >= 0.6 is 0 Å². The van der Waals surface area contributed by atoms with Crippen molar-refractivity contribution in [3.8, 4) is 11.1 Å². The van der Waals surface area contributed by atoms with E-state index in [2.05, 4.69) is 259 Å². The van der Waals surface area contributed by atoms with Gasteiger partial charge in [0.1, 0.15) is 0 Å². The van der Waals surface area contributed by atoms with Gasteiger partial charge in [0, 0.05) is 45.0 Å². The van der Waals surface area contributed by atoms with E-state index in [1.165, 1.54) is 50.1 Å². The molecule has 0 amide bonds. The minimum Gasteiger partial charge on any atom is -0.310 e. The Balaban J connectivity index is 1.08. The molecule has 0 atom stereocenters. The average molecular weight is 793 g/mol. The Kier molecular flexibility index (Phi) is 11.4. The molecule has 302 valence electrons. The monoisotopic (exact) mass is 792 g/mol. The van der Waals surface area contributed by atoms with Crippen LogP contribution in [0.5, 0.6) is 0 Å². The van der Waals surface area contributed by atoms with E-state index in [0.717, 1.165) is 39.7 Å². The maximum absolute atomic E-state index is 3.92. The van der Waals surface area contributed by atoms with E-state index < -0.39 is 0 Å². The van der Waals surface area contributed by atoms with Gasteiger partial charge in [-0.05, 0) is 144 Å². The number of anilines is 6. The van der Waals surface area contributed by atoms with Crippen LogP contribution in [0.2, 0.25) is 0 Å². The van der Waals surface area contributed by atoms with Crippen LogP contribution in [0.3, 0.4) is 0 Å². The summed E-state index contributed by atoms with van der Waals surface area (Å²) in [5, 5.41) is 0. The molecular weight excluding hydrogens is 737 g/mol. The molecule has 0 heterocycles. The molecule has 0 unspecified atom stereocenters. The highest BCUT2D eigenvalue weighted by molar-refractivity contribution is 5.81. The van der Waals surface area contributed by atoms with Gasteiger partial charge in [0.25, 0.3) is 0 Å². The highest BCUT2D eigenvalue weighted by Gasteiger charge is 2.25. The molecule has 0 saturated heterocycles. The third-order valence-electron chi connectivity index (χ3n) is 12.4. The fraction of sp³-hybridized carbons (Fsp3) is 0.153. The van der Waals surface area contributed by atoms with Gasteiger partial charge in [0.15, 0.2) is 0 Å². The van der Waals surface area contributed by atoms with E-state index in [1.54, 1.807) is 0 Å². The molecule has 0 spiro atoms. The first-order chi connectivity index (χ1) is 29.4. The number of hydrogen-bond donors (Lipinski definition) is 0. The molecule has 8 aromatic rings. The standard InChI is InChI=1S/C59H56N2/c1-9-45-18-26-49(27-19-45)59(7,8)51-30-38-55(39-31-51)61(57-15-11-13-44(4)41-57)53-34-22-47(23-35-53)46-20-32-52(33-21-46)60(56-14-10-12-43(3)40-56)54-36-28-50(29-37-54)58(5,6)48-24-16-42(2)17-25-48/h9-41H,1H2,2-8H3. The Morgan fingerprint density at radius 2 is 0.656 bits per heavy atom. The zero-order valence-electron chi connectivity index (χ0n) is 36.7. The molecule has 0 N–H and O–H groups in total. The molecule has 0 aromatic heterocycles. The lowest BCUT2D eigenvalue weighted by Crippen LogP contribution is -2.19. The molecular formula is C59H56N2. The molecule has 0 bridgehead atoms. The van der Waals surface area contributed by atoms with Crippen LogP contribution in [0.25, 0.3) is 17.2 Å². The fourth-order valence-corrected chi connectivity index (χ4v) is 8.43. The summed E-state index contributed by atoms with van der Waals surface area (Å²) in [6, 6.07) is 71.2. The van der Waals surface area contributed by atoms with E-state index in [4.69, 9.17) is 0 Å². The molecule has 8 aromatic carbocycles. The van der Waals surface area contributed by atoms with Crippen molar-refractivity contribution in [1.29, 1.82) is 0 Å². The summed E-state index contributed by atoms with van der Waals surface area (Å²) >= 11 is 0. The Morgan fingerprint density at radius 1 is 0.344 bits per heavy atom. The highest BCUT2D eigenvalue weighted by atomic mass is 15.1. The van der Waals surface area contributed by atoms with Crippen molar-refractivity contribution in [3.63, 3.8) is 0 Å². The maximum Gasteiger partial charge on any atom is 0.0464 e. The van der Waals surface area contributed by atoms with Gasteiger partial charge >= 0.3 is 0 Å². The maximum atomic E-state index is 3.92. The summed E-state index contributed by atoms with van der Waals surface area (Å²) in [4.78, 5) is 4.70. The first-order valence-electron chi connectivity index (χ1n) is 21.4. The second kappa shape index (κ2) is 17.0. The van der Waals surface area contributed by atoms with Crippen LogP contribution in [0, 0.1) is 20.8 Å². The van der Waals surface area contributed by atoms with Crippen molar-refractivity contribution < 1.29 is 0 Å². The lowest BCUT2D eigenvalue weighted by atomic mass is 9.78. The van der Waals surface area contributed by atoms with E-state index in [9.17, 15) is 0 Å². The van der Waals surface area contributed by atoms with Gasteiger partial charge in [-0.25, -0.2) is 0 Å². The Bertz CT molecular complexity index is 2740. The quantitative estimate of drug-likeness (QED) is 0.122. The first kappa shape index (κ1) is 40.9. The van der Waals surface area contributed by atoms with E-state index in [-0.39, 0.29) is 10.8 Å². The molecule has 2 heteroatoms. The zero-order valence-corrected chi connectivity index (χ0v) is 36.7. The first-order valence-corrected chi connectivity index (χ1v) is 21.4. The van der Waals surface area contributed by atoms with Crippen molar-refractivity contribution in [3.05, 3.63) is 245 Å². The minimum atomic E-state index is -0.148. The molecule has 0 aliphatic rings. The molecule has 0 fully saturated rings. The van der Waals surface area contributed by atoms with Gasteiger partial charge in [-0.2, -0.15) is 0 Å². The minimum absolute atomic E-state index is 0.115. The Labute approximate surface area is 364 Å². The molecule has 61 heavy (non-hydrogen) atoms. The van der Waals surface area contributed by atoms with Gasteiger partial charge in [-0.1, -0.05) is 167 Å². The molecule has 2 nitrogen and oxygen atoms in total. The zero-order chi connectivity index (χ0) is 42.7. The smallest absolute Gasteiger partial charge is 0.0464 e. The second-order valence-electron chi connectivity index (χ2n) is 17.5. The molecule has 0 radical (unpaired) electrons. The lowest BCUT2D eigenvalue weighted by Gasteiger charge is -2.29. The van der Waals surface area contributed by atoms with Crippen molar-refractivity contribution >= 4 is 40.2 Å². The van der Waals surface area contributed by atoms with E-state index in [0.29, 0.717) is 0 Å². The van der Waals surface area contributed by atoms with Crippen LogP contribution in [0.1, 0.15) is 72.2 Å². The number of nitrogens with zero attached hydrogens (tertiary/aromatic N) is 2. The molecule has 0 aliphatic carbocycles. The van der Waals surface area contributed by atoms with Gasteiger partial charge in [-0.15, -0.1) is 0 Å². The van der Waals surface area contributed by atoms with Crippen LogP contribution in [0.4, 0.5) is 34.1 Å². The predicted molar refractivity (Wildman–Crippen MR) is 263 cm³/mol. The predicted octanol–water partition coefficient (Wildman–Crippen LogP) is 16.5. The lowest BCUT2D eigenvalue weighted by molar-refractivity contribution is 0.640.